The molecule has 0 aromatic heterocycles. The Balaban J connectivity index is 2.85. The zero-order valence-corrected chi connectivity index (χ0v) is 12.0. The molecule has 0 fully saturated rings. The highest BCUT2D eigenvalue weighted by Gasteiger charge is 2.20. The first-order chi connectivity index (χ1) is 7.95. The normalized spacial score (nSPS) is 12.0. The first kappa shape index (κ1) is 14.3. The number of ketones is 1. The van der Waals surface area contributed by atoms with E-state index in [1.165, 1.54) is 7.11 Å². The summed E-state index contributed by atoms with van der Waals surface area (Å²) in [6, 6.07) is 5.19. The smallest absolute Gasteiger partial charge is 0.306 e. The van der Waals surface area contributed by atoms with E-state index in [4.69, 9.17) is 0 Å². The van der Waals surface area contributed by atoms with Crippen LogP contribution in [-0.4, -0.2) is 18.9 Å². The number of ether oxygens (including phenoxy) is 1. The van der Waals surface area contributed by atoms with Gasteiger partial charge in [-0.3, -0.25) is 9.59 Å². The SMILES string of the molecule is COC(=O)CC(C)C(=O)c1ccc(S)cc1Br. The van der Waals surface area contributed by atoms with Crippen LogP contribution in [-0.2, 0) is 9.53 Å². The van der Waals surface area contributed by atoms with Gasteiger partial charge >= 0.3 is 5.97 Å². The molecule has 5 heteroatoms. The van der Waals surface area contributed by atoms with Gasteiger partial charge in [0.25, 0.3) is 0 Å². The van der Waals surface area contributed by atoms with Crippen LogP contribution in [0.25, 0.3) is 0 Å². The van der Waals surface area contributed by atoms with Crippen molar-refractivity contribution in [3.63, 3.8) is 0 Å². The first-order valence-electron chi connectivity index (χ1n) is 5.05. The van der Waals surface area contributed by atoms with Crippen molar-refractivity contribution in [3.05, 3.63) is 28.2 Å². The second-order valence-electron chi connectivity index (χ2n) is 3.71. The van der Waals surface area contributed by atoms with Crippen LogP contribution in [0.15, 0.2) is 27.6 Å². The van der Waals surface area contributed by atoms with Crippen molar-refractivity contribution in [3.8, 4) is 0 Å². The lowest BCUT2D eigenvalue weighted by molar-refractivity contribution is -0.141. The minimum Gasteiger partial charge on any atom is -0.469 e. The molecule has 0 aliphatic heterocycles. The van der Waals surface area contributed by atoms with E-state index in [1.54, 1.807) is 25.1 Å². The highest BCUT2D eigenvalue weighted by Crippen LogP contribution is 2.24. The van der Waals surface area contributed by atoms with E-state index < -0.39 is 5.92 Å². The molecule has 0 saturated heterocycles. The molecule has 0 bridgehead atoms. The summed E-state index contributed by atoms with van der Waals surface area (Å²) in [5.74, 6) is -0.868. The number of thiol groups is 1. The number of hydrogen-bond acceptors (Lipinski definition) is 4. The molecular formula is C12H13BrO3S. The number of Topliss-reactive ketones (excluding diaryl/α,β-unsaturated/α-hetero) is 1. The van der Waals surface area contributed by atoms with Gasteiger partial charge < -0.3 is 4.74 Å². The van der Waals surface area contributed by atoms with Crippen LogP contribution in [0, 0.1) is 5.92 Å². The Morgan fingerprint density at radius 2 is 2.12 bits per heavy atom. The molecule has 1 aromatic rings. The number of methoxy groups -OCH3 is 1. The van der Waals surface area contributed by atoms with Gasteiger partial charge in [-0.2, -0.15) is 0 Å². The number of benzene rings is 1. The van der Waals surface area contributed by atoms with Gasteiger partial charge in [0.05, 0.1) is 13.5 Å². The molecule has 17 heavy (non-hydrogen) atoms. The molecular weight excluding hydrogens is 304 g/mol. The third-order valence-corrected chi connectivity index (χ3v) is 3.30. The Morgan fingerprint density at radius 3 is 2.65 bits per heavy atom. The second-order valence-corrected chi connectivity index (χ2v) is 5.08. The molecule has 0 aliphatic carbocycles. The first-order valence-corrected chi connectivity index (χ1v) is 6.29. The Kier molecular flexibility index (Phi) is 5.21. The maximum atomic E-state index is 12.1. The van der Waals surface area contributed by atoms with Crippen LogP contribution in [0.3, 0.4) is 0 Å². The Morgan fingerprint density at radius 1 is 1.47 bits per heavy atom. The number of carbonyl (C=O) groups is 2. The molecule has 0 N–H and O–H groups in total. The maximum Gasteiger partial charge on any atom is 0.306 e. The van der Waals surface area contributed by atoms with Crippen LogP contribution in [0.4, 0.5) is 0 Å². The van der Waals surface area contributed by atoms with Gasteiger partial charge in [-0.05, 0) is 18.2 Å². The van der Waals surface area contributed by atoms with Gasteiger partial charge in [-0.1, -0.05) is 22.9 Å². The fourth-order valence-electron chi connectivity index (χ4n) is 1.40. The van der Waals surface area contributed by atoms with Gasteiger partial charge in [0.1, 0.15) is 0 Å². The summed E-state index contributed by atoms with van der Waals surface area (Å²) in [4.78, 5) is 23.9. The number of carbonyl (C=O) groups excluding carboxylic acids is 2. The third kappa shape index (κ3) is 3.85. The van der Waals surface area contributed by atoms with Crippen molar-refractivity contribution >= 4 is 40.3 Å². The topological polar surface area (TPSA) is 43.4 Å². The van der Waals surface area contributed by atoms with Gasteiger partial charge in [-0.25, -0.2) is 0 Å². The summed E-state index contributed by atoms with van der Waals surface area (Å²) in [6.45, 7) is 1.71. The second kappa shape index (κ2) is 6.21. The third-order valence-electron chi connectivity index (χ3n) is 2.37. The highest BCUT2D eigenvalue weighted by atomic mass is 79.9. The van der Waals surface area contributed by atoms with E-state index in [0.29, 0.717) is 10.0 Å². The molecule has 3 nitrogen and oxygen atoms in total. The predicted molar refractivity (Wildman–Crippen MR) is 71.5 cm³/mol. The minimum atomic E-state index is -0.399. The zero-order valence-electron chi connectivity index (χ0n) is 9.57. The monoisotopic (exact) mass is 316 g/mol. The van der Waals surface area contributed by atoms with Crippen molar-refractivity contribution in [2.24, 2.45) is 5.92 Å². The van der Waals surface area contributed by atoms with Crippen LogP contribution < -0.4 is 0 Å². The van der Waals surface area contributed by atoms with E-state index in [-0.39, 0.29) is 18.2 Å². The standard InChI is InChI=1S/C12H13BrO3S/c1-7(5-11(14)16-2)12(15)9-4-3-8(17)6-10(9)13/h3-4,6-7,17H,5H2,1-2H3. The minimum absolute atomic E-state index is 0.0874. The maximum absolute atomic E-state index is 12.1. The summed E-state index contributed by atoms with van der Waals surface area (Å²) < 4.78 is 5.23. The van der Waals surface area contributed by atoms with Gasteiger partial charge in [0.2, 0.25) is 0 Å². The summed E-state index contributed by atoms with van der Waals surface area (Å²) in [7, 11) is 1.31. The van der Waals surface area contributed by atoms with Gasteiger partial charge in [0.15, 0.2) is 5.78 Å². The van der Waals surface area contributed by atoms with Gasteiger partial charge in [0, 0.05) is 20.8 Å². The molecule has 92 valence electrons. The molecule has 0 spiro atoms. The number of hydrogen-bond donors (Lipinski definition) is 1. The Bertz CT molecular complexity index is 445. The van der Waals surface area contributed by atoms with Crippen LogP contribution in [0.5, 0.6) is 0 Å². The molecule has 1 unspecified atom stereocenters. The average Bonchev–Trinajstić information content (AvgIpc) is 2.28. The number of halogens is 1. The van der Waals surface area contributed by atoms with E-state index in [1.807, 2.05) is 0 Å². The van der Waals surface area contributed by atoms with Gasteiger partial charge in [-0.15, -0.1) is 12.6 Å². The highest BCUT2D eigenvalue weighted by molar-refractivity contribution is 9.10. The van der Waals surface area contributed by atoms with Crippen molar-refractivity contribution in [2.45, 2.75) is 18.2 Å². The molecule has 1 aromatic carbocycles. The average molecular weight is 317 g/mol. The number of esters is 1. The fraction of sp³-hybridized carbons (Fsp3) is 0.333. The van der Waals surface area contributed by atoms with E-state index in [0.717, 1.165) is 4.90 Å². The molecule has 0 aliphatic rings. The summed E-state index contributed by atoms with van der Waals surface area (Å²) in [5.41, 5.74) is 0.555. The van der Waals surface area contributed by atoms with E-state index in [9.17, 15) is 9.59 Å². The van der Waals surface area contributed by atoms with Crippen molar-refractivity contribution in [1.29, 1.82) is 0 Å². The molecule has 0 saturated carbocycles. The van der Waals surface area contributed by atoms with Crippen LogP contribution in [0.2, 0.25) is 0 Å². The van der Waals surface area contributed by atoms with E-state index >= 15 is 0 Å². The zero-order chi connectivity index (χ0) is 13.0. The fourth-order valence-corrected chi connectivity index (χ4v) is 2.35. The summed E-state index contributed by atoms with van der Waals surface area (Å²) >= 11 is 7.49. The molecule has 0 heterocycles. The predicted octanol–water partition coefficient (Wildman–Crippen LogP) is 3.12. The molecule has 0 radical (unpaired) electrons. The van der Waals surface area contributed by atoms with E-state index in [2.05, 4.69) is 33.3 Å². The summed E-state index contributed by atoms with van der Waals surface area (Å²) in [6.07, 6.45) is 0.0877. The number of rotatable bonds is 4. The lowest BCUT2D eigenvalue weighted by Gasteiger charge is -2.10. The van der Waals surface area contributed by atoms with Crippen LogP contribution >= 0.6 is 28.6 Å². The quantitative estimate of drug-likeness (QED) is 0.527. The van der Waals surface area contributed by atoms with Crippen molar-refractivity contribution < 1.29 is 14.3 Å². The lowest BCUT2D eigenvalue weighted by Crippen LogP contribution is -2.17. The Hall–Kier alpha value is -0.810. The van der Waals surface area contributed by atoms with Crippen molar-refractivity contribution in [1.82, 2.24) is 0 Å². The van der Waals surface area contributed by atoms with Crippen molar-refractivity contribution in [2.75, 3.05) is 7.11 Å². The lowest BCUT2D eigenvalue weighted by atomic mass is 9.96. The Labute approximate surface area is 114 Å². The van der Waals surface area contributed by atoms with Crippen LogP contribution in [0.1, 0.15) is 23.7 Å². The molecule has 1 rings (SSSR count). The molecule has 0 amide bonds. The largest absolute Gasteiger partial charge is 0.469 e. The molecule has 1 atom stereocenters. The summed E-state index contributed by atoms with van der Waals surface area (Å²) in [5, 5.41) is 0.